The van der Waals surface area contributed by atoms with Crippen LogP contribution in [-0.2, 0) is 23.6 Å². The predicted molar refractivity (Wildman–Crippen MR) is 79.3 cm³/mol. The standard InChI is InChI=1S/C13H18N4O3S/c1-16-7-6-15-13(16)9-17(2)21(18,19)10-4-5-11(14)12(8-10)20-3/h4-8H,9,14H2,1-3H3. The van der Waals surface area contributed by atoms with E-state index in [0.29, 0.717) is 17.3 Å². The fraction of sp³-hybridized carbons (Fsp3) is 0.308. The summed E-state index contributed by atoms with van der Waals surface area (Å²) < 4.78 is 33.2. The van der Waals surface area contributed by atoms with Gasteiger partial charge in [-0.05, 0) is 12.1 Å². The second kappa shape index (κ2) is 5.74. The smallest absolute Gasteiger partial charge is 0.243 e. The second-order valence-electron chi connectivity index (χ2n) is 4.62. The van der Waals surface area contributed by atoms with Crippen LogP contribution in [0.25, 0.3) is 0 Å². The molecule has 0 bridgehead atoms. The Morgan fingerprint density at radius 2 is 2.14 bits per heavy atom. The summed E-state index contributed by atoms with van der Waals surface area (Å²) in [7, 11) is 1.13. The Morgan fingerprint density at radius 1 is 1.43 bits per heavy atom. The zero-order chi connectivity index (χ0) is 15.6. The molecule has 0 spiro atoms. The normalized spacial score (nSPS) is 11.8. The van der Waals surface area contributed by atoms with Gasteiger partial charge in [0.15, 0.2) is 0 Å². The van der Waals surface area contributed by atoms with E-state index in [9.17, 15) is 8.42 Å². The number of ether oxygens (including phenoxy) is 1. The summed E-state index contributed by atoms with van der Waals surface area (Å²) in [5.41, 5.74) is 6.09. The third-order valence-corrected chi connectivity index (χ3v) is 5.00. The van der Waals surface area contributed by atoms with Gasteiger partial charge < -0.3 is 15.0 Å². The molecule has 21 heavy (non-hydrogen) atoms. The van der Waals surface area contributed by atoms with Crippen LogP contribution in [0, 0.1) is 0 Å². The summed E-state index contributed by atoms with van der Waals surface area (Å²) in [6.07, 6.45) is 3.39. The molecule has 8 heteroatoms. The zero-order valence-corrected chi connectivity index (χ0v) is 13.0. The molecule has 2 N–H and O–H groups in total. The highest BCUT2D eigenvalue weighted by Crippen LogP contribution is 2.26. The molecule has 0 aliphatic heterocycles. The van der Waals surface area contributed by atoms with Gasteiger partial charge in [-0.25, -0.2) is 13.4 Å². The highest BCUT2D eigenvalue weighted by Gasteiger charge is 2.23. The first-order valence-corrected chi connectivity index (χ1v) is 7.66. The van der Waals surface area contributed by atoms with Gasteiger partial charge in [-0.3, -0.25) is 0 Å². The molecule has 0 fully saturated rings. The number of hydrogen-bond donors (Lipinski definition) is 1. The maximum Gasteiger partial charge on any atom is 0.243 e. The van der Waals surface area contributed by atoms with Crippen molar-refractivity contribution in [2.45, 2.75) is 11.4 Å². The molecule has 1 aromatic heterocycles. The zero-order valence-electron chi connectivity index (χ0n) is 12.1. The first-order chi connectivity index (χ1) is 9.86. The molecule has 0 atom stereocenters. The topological polar surface area (TPSA) is 90.5 Å². The molecule has 2 aromatic rings. The van der Waals surface area contributed by atoms with Gasteiger partial charge in [0, 0.05) is 32.6 Å². The SMILES string of the molecule is COc1cc(S(=O)(=O)N(C)Cc2nccn2C)ccc1N. The molecule has 7 nitrogen and oxygen atoms in total. The lowest BCUT2D eigenvalue weighted by atomic mass is 10.3. The van der Waals surface area contributed by atoms with Gasteiger partial charge in [0.25, 0.3) is 0 Å². The number of rotatable bonds is 5. The van der Waals surface area contributed by atoms with Crippen molar-refractivity contribution in [2.24, 2.45) is 7.05 Å². The predicted octanol–water partition coefficient (Wildman–Crippen LogP) is 0.832. The Bertz CT molecular complexity index is 740. The Labute approximate surface area is 124 Å². The van der Waals surface area contributed by atoms with Gasteiger partial charge in [-0.1, -0.05) is 0 Å². The number of imidazole rings is 1. The molecular weight excluding hydrogens is 292 g/mol. The van der Waals surface area contributed by atoms with Crippen molar-refractivity contribution in [1.29, 1.82) is 0 Å². The molecule has 1 aromatic carbocycles. The molecule has 1 heterocycles. The Hall–Kier alpha value is -2.06. The summed E-state index contributed by atoms with van der Waals surface area (Å²) in [5, 5.41) is 0. The quantitative estimate of drug-likeness (QED) is 0.826. The Kier molecular flexibility index (Phi) is 4.19. The van der Waals surface area contributed by atoms with E-state index in [0.717, 1.165) is 0 Å². The third kappa shape index (κ3) is 3.01. The van der Waals surface area contributed by atoms with Gasteiger partial charge in [0.2, 0.25) is 10.0 Å². The third-order valence-electron chi connectivity index (χ3n) is 3.20. The first kappa shape index (κ1) is 15.3. The number of benzene rings is 1. The van der Waals surface area contributed by atoms with Gasteiger partial charge in [0.05, 0.1) is 24.2 Å². The minimum absolute atomic E-state index is 0.130. The second-order valence-corrected chi connectivity index (χ2v) is 6.66. The highest BCUT2D eigenvalue weighted by atomic mass is 32.2. The molecule has 2 rings (SSSR count). The maximum atomic E-state index is 12.5. The van der Waals surface area contributed by atoms with Crippen molar-refractivity contribution in [2.75, 3.05) is 19.9 Å². The van der Waals surface area contributed by atoms with Crippen LogP contribution < -0.4 is 10.5 Å². The van der Waals surface area contributed by atoms with E-state index >= 15 is 0 Å². The number of aromatic nitrogens is 2. The lowest BCUT2D eigenvalue weighted by Gasteiger charge is -2.17. The summed E-state index contributed by atoms with van der Waals surface area (Å²) in [5.74, 6) is 0.991. The molecule has 0 radical (unpaired) electrons. The van der Waals surface area contributed by atoms with Gasteiger partial charge >= 0.3 is 0 Å². The van der Waals surface area contributed by atoms with Crippen LogP contribution in [0.2, 0.25) is 0 Å². The van der Waals surface area contributed by atoms with Crippen molar-refractivity contribution in [3.8, 4) is 5.75 Å². The van der Waals surface area contributed by atoms with E-state index < -0.39 is 10.0 Å². The number of anilines is 1. The molecule has 0 saturated heterocycles. The lowest BCUT2D eigenvalue weighted by Crippen LogP contribution is -2.27. The highest BCUT2D eigenvalue weighted by molar-refractivity contribution is 7.89. The van der Waals surface area contributed by atoms with E-state index in [-0.39, 0.29) is 11.4 Å². The number of nitrogens with two attached hydrogens (primary N) is 1. The number of methoxy groups -OCH3 is 1. The van der Waals surface area contributed by atoms with Crippen molar-refractivity contribution < 1.29 is 13.2 Å². The lowest BCUT2D eigenvalue weighted by molar-refractivity contribution is 0.414. The van der Waals surface area contributed by atoms with E-state index in [1.807, 2.05) is 7.05 Å². The molecule has 0 aliphatic rings. The monoisotopic (exact) mass is 310 g/mol. The average Bonchev–Trinajstić information content (AvgIpc) is 2.84. The fourth-order valence-corrected chi connectivity index (χ4v) is 3.01. The van der Waals surface area contributed by atoms with E-state index in [4.69, 9.17) is 10.5 Å². The summed E-state index contributed by atoms with van der Waals surface area (Å²) in [6.45, 7) is 0.179. The van der Waals surface area contributed by atoms with Crippen LogP contribution in [0.15, 0.2) is 35.5 Å². The van der Waals surface area contributed by atoms with Crippen LogP contribution >= 0.6 is 0 Å². The van der Waals surface area contributed by atoms with Gasteiger partial charge in [0.1, 0.15) is 11.6 Å². The van der Waals surface area contributed by atoms with Crippen LogP contribution in [0.4, 0.5) is 5.69 Å². The molecular formula is C13H18N4O3S. The van der Waals surface area contributed by atoms with Crippen molar-refractivity contribution in [3.05, 3.63) is 36.4 Å². The van der Waals surface area contributed by atoms with E-state index in [1.54, 1.807) is 17.0 Å². The van der Waals surface area contributed by atoms with Crippen molar-refractivity contribution in [3.63, 3.8) is 0 Å². The van der Waals surface area contributed by atoms with Crippen LogP contribution in [0.1, 0.15) is 5.82 Å². The van der Waals surface area contributed by atoms with Gasteiger partial charge in [-0.2, -0.15) is 4.31 Å². The first-order valence-electron chi connectivity index (χ1n) is 6.22. The molecule has 114 valence electrons. The summed E-state index contributed by atoms with van der Waals surface area (Å²) in [6, 6.07) is 4.39. The number of hydrogen-bond acceptors (Lipinski definition) is 5. The number of nitrogen functional groups attached to an aromatic ring is 1. The number of nitrogens with zero attached hydrogens (tertiary/aromatic N) is 3. The minimum Gasteiger partial charge on any atom is -0.495 e. The summed E-state index contributed by atoms with van der Waals surface area (Å²) >= 11 is 0. The van der Waals surface area contributed by atoms with E-state index in [2.05, 4.69) is 4.98 Å². The molecule has 0 aliphatic carbocycles. The van der Waals surface area contributed by atoms with Gasteiger partial charge in [-0.15, -0.1) is 0 Å². The maximum absolute atomic E-state index is 12.5. The fourth-order valence-electron chi connectivity index (χ4n) is 1.86. The van der Waals surface area contributed by atoms with Crippen LogP contribution in [0.5, 0.6) is 5.75 Å². The Morgan fingerprint density at radius 3 is 2.71 bits per heavy atom. The van der Waals surface area contributed by atoms with E-state index in [1.165, 1.54) is 36.7 Å². The number of aryl methyl sites for hydroxylation is 1. The largest absolute Gasteiger partial charge is 0.495 e. The summed E-state index contributed by atoms with van der Waals surface area (Å²) in [4.78, 5) is 4.25. The Balaban J connectivity index is 2.31. The van der Waals surface area contributed by atoms with Crippen molar-refractivity contribution >= 4 is 15.7 Å². The minimum atomic E-state index is -3.64. The average molecular weight is 310 g/mol. The molecule has 0 saturated carbocycles. The number of sulfonamides is 1. The molecule has 0 unspecified atom stereocenters. The van der Waals surface area contributed by atoms with Crippen molar-refractivity contribution in [1.82, 2.24) is 13.9 Å². The van der Waals surface area contributed by atoms with Crippen LogP contribution in [-0.4, -0.2) is 36.4 Å². The molecule has 0 amide bonds. The van der Waals surface area contributed by atoms with Crippen LogP contribution in [0.3, 0.4) is 0 Å².